The van der Waals surface area contributed by atoms with Crippen molar-refractivity contribution >= 4 is 11.6 Å². The van der Waals surface area contributed by atoms with Crippen LogP contribution in [0.4, 0.5) is 0 Å². The third-order valence-corrected chi connectivity index (χ3v) is 2.68. The van der Waals surface area contributed by atoms with Crippen LogP contribution in [-0.4, -0.2) is 25.5 Å². The SMILES string of the molecule is O=C(NCc1ccccn1)c1ccnc2ccnn12. The average molecular weight is 253 g/mol. The Morgan fingerprint density at radius 2 is 2.05 bits per heavy atom. The van der Waals surface area contributed by atoms with Crippen molar-refractivity contribution < 1.29 is 4.79 Å². The molecule has 1 amide bonds. The molecule has 3 aromatic heterocycles. The molecule has 0 atom stereocenters. The molecule has 0 unspecified atom stereocenters. The maximum atomic E-state index is 12.1. The van der Waals surface area contributed by atoms with Gasteiger partial charge in [-0.2, -0.15) is 5.10 Å². The number of pyridine rings is 1. The highest BCUT2D eigenvalue weighted by Gasteiger charge is 2.10. The summed E-state index contributed by atoms with van der Waals surface area (Å²) >= 11 is 0. The van der Waals surface area contributed by atoms with Crippen molar-refractivity contribution in [3.63, 3.8) is 0 Å². The van der Waals surface area contributed by atoms with Crippen LogP contribution in [0, 0.1) is 0 Å². The van der Waals surface area contributed by atoms with Gasteiger partial charge in [0.1, 0.15) is 5.69 Å². The van der Waals surface area contributed by atoms with Gasteiger partial charge in [0.2, 0.25) is 0 Å². The number of rotatable bonds is 3. The first-order chi connectivity index (χ1) is 9.34. The summed E-state index contributed by atoms with van der Waals surface area (Å²) in [4.78, 5) is 20.4. The Hall–Kier alpha value is -2.76. The molecule has 0 fully saturated rings. The minimum absolute atomic E-state index is 0.207. The van der Waals surface area contributed by atoms with Crippen LogP contribution in [0.1, 0.15) is 16.2 Å². The number of nitrogens with one attached hydrogen (secondary N) is 1. The van der Waals surface area contributed by atoms with Crippen LogP contribution in [-0.2, 0) is 6.54 Å². The standard InChI is InChI=1S/C13H11N5O/c19-13(16-9-10-3-1-2-6-14-10)11-4-7-15-12-5-8-17-18(11)12/h1-8H,9H2,(H,16,19). The summed E-state index contributed by atoms with van der Waals surface area (Å²) in [5, 5.41) is 6.88. The van der Waals surface area contributed by atoms with E-state index in [0.29, 0.717) is 17.9 Å². The van der Waals surface area contributed by atoms with Crippen LogP contribution in [0.3, 0.4) is 0 Å². The van der Waals surface area contributed by atoms with Crippen molar-refractivity contribution in [1.29, 1.82) is 0 Å². The van der Waals surface area contributed by atoms with Gasteiger partial charge in [-0.1, -0.05) is 6.07 Å². The first-order valence-electron chi connectivity index (χ1n) is 5.81. The second-order valence-electron chi connectivity index (χ2n) is 3.94. The minimum Gasteiger partial charge on any atom is -0.345 e. The molecule has 6 nitrogen and oxygen atoms in total. The van der Waals surface area contributed by atoms with Crippen LogP contribution in [0.25, 0.3) is 5.65 Å². The highest BCUT2D eigenvalue weighted by molar-refractivity contribution is 5.92. The van der Waals surface area contributed by atoms with Crippen molar-refractivity contribution in [2.75, 3.05) is 0 Å². The molecule has 0 saturated heterocycles. The van der Waals surface area contributed by atoms with Gasteiger partial charge in [-0.15, -0.1) is 0 Å². The summed E-state index contributed by atoms with van der Waals surface area (Å²) in [6.45, 7) is 0.380. The number of fused-ring (bicyclic) bond motifs is 1. The van der Waals surface area contributed by atoms with E-state index in [1.807, 2.05) is 18.2 Å². The number of amides is 1. The smallest absolute Gasteiger partial charge is 0.270 e. The molecule has 0 aliphatic heterocycles. The number of carbonyl (C=O) groups is 1. The summed E-state index contributed by atoms with van der Waals surface area (Å²) in [5.41, 5.74) is 1.90. The van der Waals surface area contributed by atoms with Crippen molar-refractivity contribution in [1.82, 2.24) is 24.9 Å². The lowest BCUT2D eigenvalue weighted by Gasteiger charge is -2.06. The Morgan fingerprint density at radius 1 is 1.11 bits per heavy atom. The highest BCUT2D eigenvalue weighted by atomic mass is 16.1. The molecule has 6 heteroatoms. The van der Waals surface area contributed by atoms with Crippen molar-refractivity contribution in [2.45, 2.75) is 6.54 Å². The lowest BCUT2D eigenvalue weighted by atomic mass is 10.3. The molecule has 3 rings (SSSR count). The van der Waals surface area contributed by atoms with Gasteiger partial charge in [-0.05, 0) is 18.2 Å². The lowest BCUT2D eigenvalue weighted by molar-refractivity contribution is 0.0943. The molecule has 0 spiro atoms. The first-order valence-corrected chi connectivity index (χ1v) is 5.81. The van der Waals surface area contributed by atoms with E-state index in [0.717, 1.165) is 5.69 Å². The van der Waals surface area contributed by atoms with E-state index in [2.05, 4.69) is 20.4 Å². The van der Waals surface area contributed by atoms with E-state index >= 15 is 0 Å². The largest absolute Gasteiger partial charge is 0.345 e. The van der Waals surface area contributed by atoms with E-state index in [-0.39, 0.29) is 5.91 Å². The van der Waals surface area contributed by atoms with E-state index in [1.54, 1.807) is 30.7 Å². The summed E-state index contributed by atoms with van der Waals surface area (Å²) in [6, 6.07) is 8.95. The van der Waals surface area contributed by atoms with E-state index < -0.39 is 0 Å². The van der Waals surface area contributed by atoms with Crippen molar-refractivity contribution in [3.8, 4) is 0 Å². The van der Waals surface area contributed by atoms with Gasteiger partial charge in [0.05, 0.1) is 18.4 Å². The third kappa shape index (κ3) is 2.28. The van der Waals surface area contributed by atoms with E-state index in [1.165, 1.54) is 4.52 Å². The summed E-state index contributed by atoms with van der Waals surface area (Å²) in [5.74, 6) is -0.207. The summed E-state index contributed by atoms with van der Waals surface area (Å²) in [7, 11) is 0. The van der Waals surface area contributed by atoms with Crippen LogP contribution in [0.15, 0.2) is 48.9 Å². The molecule has 0 saturated carbocycles. The predicted molar refractivity (Wildman–Crippen MR) is 68.4 cm³/mol. The Bertz CT molecular complexity index is 707. The van der Waals surface area contributed by atoms with Crippen LogP contribution < -0.4 is 5.32 Å². The molecule has 0 radical (unpaired) electrons. The first kappa shape index (κ1) is 11.3. The Labute approximate surface area is 109 Å². The second kappa shape index (κ2) is 4.85. The Balaban J connectivity index is 1.79. The number of carbonyl (C=O) groups excluding carboxylic acids is 1. The van der Waals surface area contributed by atoms with Gasteiger partial charge in [-0.25, -0.2) is 9.50 Å². The van der Waals surface area contributed by atoms with Gasteiger partial charge in [0, 0.05) is 18.5 Å². The van der Waals surface area contributed by atoms with Gasteiger partial charge < -0.3 is 5.32 Å². The van der Waals surface area contributed by atoms with Crippen LogP contribution in [0.2, 0.25) is 0 Å². The van der Waals surface area contributed by atoms with Gasteiger partial charge in [0.25, 0.3) is 5.91 Å². The summed E-state index contributed by atoms with van der Waals surface area (Å²) in [6.07, 6.45) is 4.89. The zero-order valence-electron chi connectivity index (χ0n) is 10.0. The van der Waals surface area contributed by atoms with Crippen LogP contribution >= 0.6 is 0 Å². The van der Waals surface area contributed by atoms with Gasteiger partial charge in [0.15, 0.2) is 5.65 Å². The number of aromatic nitrogens is 4. The fraction of sp³-hybridized carbons (Fsp3) is 0.0769. The molecule has 0 bridgehead atoms. The molecule has 3 aromatic rings. The fourth-order valence-corrected chi connectivity index (χ4v) is 1.77. The number of hydrogen-bond acceptors (Lipinski definition) is 4. The molecule has 94 valence electrons. The number of hydrogen-bond donors (Lipinski definition) is 1. The fourth-order valence-electron chi connectivity index (χ4n) is 1.77. The molecule has 0 aromatic carbocycles. The average Bonchev–Trinajstić information content (AvgIpc) is 2.94. The van der Waals surface area contributed by atoms with Crippen molar-refractivity contribution in [2.24, 2.45) is 0 Å². The Morgan fingerprint density at radius 3 is 2.89 bits per heavy atom. The molecule has 0 aliphatic carbocycles. The molecular formula is C13H11N5O. The molecule has 19 heavy (non-hydrogen) atoms. The molecule has 0 aliphatic rings. The molecule has 3 heterocycles. The lowest BCUT2D eigenvalue weighted by Crippen LogP contribution is -2.25. The zero-order valence-corrected chi connectivity index (χ0v) is 10.0. The zero-order chi connectivity index (χ0) is 13.1. The summed E-state index contributed by atoms with van der Waals surface area (Å²) < 4.78 is 1.51. The van der Waals surface area contributed by atoms with Gasteiger partial charge >= 0.3 is 0 Å². The quantitative estimate of drug-likeness (QED) is 0.757. The topological polar surface area (TPSA) is 72.2 Å². The number of nitrogens with zero attached hydrogens (tertiary/aromatic N) is 4. The maximum absolute atomic E-state index is 12.1. The second-order valence-corrected chi connectivity index (χ2v) is 3.94. The maximum Gasteiger partial charge on any atom is 0.270 e. The van der Waals surface area contributed by atoms with Crippen LogP contribution in [0.5, 0.6) is 0 Å². The third-order valence-electron chi connectivity index (χ3n) is 2.68. The molecule has 1 N–H and O–H groups in total. The minimum atomic E-state index is -0.207. The van der Waals surface area contributed by atoms with Crippen molar-refractivity contribution in [3.05, 3.63) is 60.3 Å². The molecular weight excluding hydrogens is 242 g/mol. The normalized spacial score (nSPS) is 10.5. The predicted octanol–water partition coefficient (Wildman–Crippen LogP) is 1.05. The van der Waals surface area contributed by atoms with E-state index in [9.17, 15) is 4.79 Å². The highest BCUT2D eigenvalue weighted by Crippen LogP contribution is 2.03. The van der Waals surface area contributed by atoms with Gasteiger partial charge in [-0.3, -0.25) is 9.78 Å². The van der Waals surface area contributed by atoms with E-state index in [4.69, 9.17) is 0 Å². The monoisotopic (exact) mass is 253 g/mol. The Kier molecular flexibility index (Phi) is 2.89.